The Bertz CT molecular complexity index is 809. The van der Waals surface area contributed by atoms with Crippen LogP contribution in [-0.2, 0) is 19.1 Å². The van der Waals surface area contributed by atoms with Crippen LogP contribution < -0.4 is 0 Å². The van der Waals surface area contributed by atoms with Crippen LogP contribution in [0.1, 0.15) is 77.0 Å². The molecule has 4 heteroatoms. The molecule has 0 aromatic carbocycles. The van der Waals surface area contributed by atoms with E-state index in [1.54, 1.807) is 11.1 Å². The molecule has 160 valence electrons. The van der Waals surface area contributed by atoms with Gasteiger partial charge in [-0.05, 0) is 61.5 Å². The van der Waals surface area contributed by atoms with Crippen LogP contribution in [0.5, 0.6) is 0 Å². The van der Waals surface area contributed by atoms with Gasteiger partial charge < -0.3 is 9.47 Å². The second kappa shape index (κ2) is 6.62. The van der Waals surface area contributed by atoms with E-state index < -0.39 is 0 Å². The van der Waals surface area contributed by atoms with Crippen molar-refractivity contribution in [3.63, 3.8) is 0 Å². The van der Waals surface area contributed by atoms with Crippen LogP contribution in [0, 0.1) is 23.7 Å². The zero-order valence-corrected chi connectivity index (χ0v) is 17.7. The average Bonchev–Trinajstić information content (AvgIpc) is 2.75. The van der Waals surface area contributed by atoms with E-state index in [2.05, 4.69) is 0 Å². The van der Waals surface area contributed by atoms with Crippen molar-refractivity contribution in [3.05, 3.63) is 22.3 Å². The SMILES string of the molecule is O=C1CCC2=C3C4CCCC5OC6CC(=O)CCC6=C(C6CCCC(OC2C1)C36)C54. The van der Waals surface area contributed by atoms with Gasteiger partial charge in [-0.2, -0.15) is 0 Å². The second-order valence-corrected chi connectivity index (χ2v) is 10.9. The lowest BCUT2D eigenvalue weighted by Crippen LogP contribution is -2.57. The minimum Gasteiger partial charge on any atom is -0.370 e. The fourth-order valence-electron chi connectivity index (χ4n) is 8.63. The molecule has 0 spiro atoms. The van der Waals surface area contributed by atoms with Gasteiger partial charge in [0, 0.05) is 37.5 Å². The molecule has 4 nitrogen and oxygen atoms in total. The van der Waals surface area contributed by atoms with Crippen LogP contribution in [0.4, 0.5) is 0 Å². The van der Waals surface area contributed by atoms with E-state index in [1.165, 1.54) is 36.8 Å². The van der Waals surface area contributed by atoms with Crippen molar-refractivity contribution < 1.29 is 19.1 Å². The highest BCUT2D eigenvalue weighted by molar-refractivity contribution is 5.82. The van der Waals surface area contributed by atoms with Gasteiger partial charge in [-0.15, -0.1) is 0 Å². The average molecular weight is 409 g/mol. The molecule has 8 atom stereocenters. The number of fused-ring (bicyclic) bond motifs is 4. The Morgan fingerprint density at radius 2 is 1.07 bits per heavy atom. The molecule has 5 saturated carbocycles. The molecule has 30 heavy (non-hydrogen) atoms. The minimum atomic E-state index is 0.0559. The summed E-state index contributed by atoms with van der Waals surface area (Å²) < 4.78 is 13.4. The lowest BCUT2D eigenvalue weighted by atomic mass is 9.50. The molecule has 0 radical (unpaired) electrons. The number of carbonyl (C=O) groups is 2. The fraction of sp³-hybridized carbons (Fsp3) is 0.769. The quantitative estimate of drug-likeness (QED) is 0.555. The molecule has 7 rings (SSSR count). The first-order valence-corrected chi connectivity index (χ1v) is 12.5. The van der Waals surface area contributed by atoms with Gasteiger partial charge in [0.15, 0.2) is 0 Å². The van der Waals surface area contributed by atoms with Crippen molar-refractivity contribution in [1.82, 2.24) is 0 Å². The van der Waals surface area contributed by atoms with E-state index in [0.717, 1.165) is 25.7 Å². The van der Waals surface area contributed by atoms with Crippen LogP contribution in [0.3, 0.4) is 0 Å². The van der Waals surface area contributed by atoms with E-state index in [0.29, 0.717) is 73.1 Å². The predicted octanol–water partition coefficient (Wildman–Crippen LogP) is 4.47. The number of hydrogen-bond donors (Lipinski definition) is 0. The van der Waals surface area contributed by atoms with Crippen molar-refractivity contribution in [2.24, 2.45) is 23.7 Å². The van der Waals surface area contributed by atoms with Crippen molar-refractivity contribution in [3.8, 4) is 0 Å². The maximum atomic E-state index is 12.2. The second-order valence-electron chi connectivity index (χ2n) is 10.9. The summed E-state index contributed by atoms with van der Waals surface area (Å²) >= 11 is 0. The summed E-state index contributed by atoms with van der Waals surface area (Å²) in [4.78, 5) is 24.4. The Labute approximate surface area is 178 Å². The normalized spacial score (nSPS) is 47.3. The molecular formula is C26H32O4. The van der Waals surface area contributed by atoms with Crippen LogP contribution in [0.2, 0.25) is 0 Å². The smallest absolute Gasteiger partial charge is 0.136 e. The van der Waals surface area contributed by atoms with E-state index >= 15 is 0 Å². The lowest BCUT2D eigenvalue weighted by molar-refractivity contribution is -0.137. The highest BCUT2D eigenvalue weighted by Gasteiger charge is 2.58. The first-order valence-electron chi connectivity index (χ1n) is 12.5. The van der Waals surface area contributed by atoms with Gasteiger partial charge in [0.2, 0.25) is 0 Å². The molecule has 0 N–H and O–H groups in total. The van der Waals surface area contributed by atoms with Gasteiger partial charge >= 0.3 is 0 Å². The first-order chi connectivity index (χ1) is 14.7. The monoisotopic (exact) mass is 408 g/mol. The van der Waals surface area contributed by atoms with Crippen LogP contribution in [-0.4, -0.2) is 36.0 Å². The molecule has 0 amide bonds. The molecule has 5 fully saturated rings. The first kappa shape index (κ1) is 18.3. The van der Waals surface area contributed by atoms with E-state index in [9.17, 15) is 9.59 Å². The predicted molar refractivity (Wildman–Crippen MR) is 111 cm³/mol. The summed E-state index contributed by atoms with van der Waals surface area (Å²) in [6, 6.07) is 0. The van der Waals surface area contributed by atoms with Crippen LogP contribution >= 0.6 is 0 Å². The zero-order valence-electron chi connectivity index (χ0n) is 17.7. The third kappa shape index (κ3) is 2.47. The van der Waals surface area contributed by atoms with Crippen LogP contribution in [0.25, 0.3) is 0 Å². The number of Topliss-reactive ketones (excluding diaryl/α,β-unsaturated/α-hetero) is 2. The molecule has 2 heterocycles. The zero-order chi connectivity index (χ0) is 20.0. The standard InChI is InChI=1S/C26H32O4/c27-13-8-10-16-21(11-13)29-19-5-1-3-17-23-15-9-7-14(28)12-22(15)30-20-6-2-4-18(26(20)23)24(16)25(17)19/h17-22,25-26H,1-12H2. The summed E-state index contributed by atoms with van der Waals surface area (Å²) in [6.07, 6.45) is 12.4. The van der Waals surface area contributed by atoms with E-state index in [4.69, 9.17) is 9.47 Å². The third-order valence-corrected chi connectivity index (χ3v) is 9.56. The Morgan fingerprint density at radius 1 is 0.600 bits per heavy atom. The van der Waals surface area contributed by atoms with Gasteiger partial charge in [0.05, 0.1) is 24.4 Å². The topological polar surface area (TPSA) is 52.6 Å². The number of carbonyl (C=O) groups excluding carboxylic acids is 2. The number of rotatable bonds is 0. The minimum absolute atomic E-state index is 0.0559. The summed E-state index contributed by atoms with van der Waals surface area (Å²) in [5, 5.41) is 0. The van der Waals surface area contributed by atoms with Crippen LogP contribution in [0.15, 0.2) is 22.3 Å². The molecule has 0 aromatic heterocycles. The Balaban J connectivity index is 1.41. The summed E-state index contributed by atoms with van der Waals surface area (Å²) in [5.41, 5.74) is 6.47. The largest absolute Gasteiger partial charge is 0.370 e. The number of hydrogen-bond acceptors (Lipinski definition) is 4. The maximum Gasteiger partial charge on any atom is 0.136 e. The molecule has 7 aliphatic rings. The molecular weight excluding hydrogens is 376 g/mol. The molecule has 8 unspecified atom stereocenters. The summed E-state index contributed by atoms with van der Waals surface area (Å²) in [6.45, 7) is 0. The fourth-order valence-corrected chi connectivity index (χ4v) is 8.63. The van der Waals surface area contributed by atoms with Crippen molar-refractivity contribution >= 4 is 11.6 Å². The summed E-state index contributed by atoms with van der Waals surface area (Å²) in [5.74, 6) is 2.98. The number of ketones is 2. The van der Waals surface area contributed by atoms with Gasteiger partial charge in [0.1, 0.15) is 11.6 Å². The summed E-state index contributed by atoms with van der Waals surface area (Å²) in [7, 11) is 0. The molecule has 2 aliphatic heterocycles. The Kier molecular flexibility index (Phi) is 4.04. The van der Waals surface area contributed by atoms with Gasteiger partial charge in [-0.3, -0.25) is 9.59 Å². The van der Waals surface area contributed by atoms with E-state index in [-0.39, 0.29) is 12.2 Å². The van der Waals surface area contributed by atoms with Crippen molar-refractivity contribution in [2.45, 2.75) is 101 Å². The lowest BCUT2D eigenvalue weighted by Gasteiger charge is -2.60. The molecule has 0 bridgehead atoms. The maximum absolute atomic E-state index is 12.2. The van der Waals surface area contributed by atoms with E-state index in [1.807, 2.05) is 0 Å². The number of ether oxygens (including phenoxy) is 2. The Morgan fingerprint density at radius 3 is 1.53 bits per heavy atom. The van der Waals surface area contributed by atoms with Gasteiger partial charge in [0.25, 0.3) is 0 Å². The van der Waals surface area contributed by atoms with Crippen molar-refractivity contribution in [2.75, 3.05) is 0 Å². The molecule has 0 aromatic rings. The Hall–Kier alpha value is -1.26. The highest BCUT2D eigenvalue weighted by Crippen LogP contribution is 2.62. The third-order valence-electron chi connectivity index (χ3n) is 9.56. The molecule has 0 saturated heterocycles. The molecule has 5 aliphatic carbocycles. The van der Waals surface area contributed by atoms with Crippen molar-refractivity contribution in [1.29, 1.82) is 0 Å². The van der Waals surface area contributed by atoms with Gasteiger partial charge in [-0.1, -0.05) is 24.0 Å². The highest BCUT2D eigenvalue weighted by atomic mass is 16.5. The van der Waals surface area contributed by atoms with Gasteiger partial charge in [-0.25, -0.2) is 0 Å².